The number of nitrogens with zero attached hydrogens (tertiary/aromatic N) is 5. The number of hydrogen-bond acceptors (Lipinski definition) is 5. The van der Waals surface area contributed by atoms with Crippen LogP contribution in [0.3, 0.4) is 0 Å². The average Bonchev–Trinajstić information content (AvgIpc) is 3.48. The third-order valence-corrected chi connectivity index (χ3v) is 6.20. The molecule has 4 aromatic rings. The highest BCUT2D eigenvalue weighted by Crippen LogP contribution is 2.30. The summed E-state index contributed by atoms with van der Waals surface area (Å²) >= 11 is 0. The molecule has 3 heterocycles. The van der Waals surface area contributed by atoms with Gasteiger partial charge < -0.3 is 14.8 Å². The van der Waals surface area contributed by atoms with Gasteiger partial charge in [0.05, 0.1) is 18.4 Å². The van der Waals surface area contributed by atoms with E-state index < -0.39 is 11.7 Å². The quantitative estimate of drug-likeness (QED) is 0.350. The van der Waals surface area contributed by atoms with Crippen molar-refractivity contribution in [1.82, 2.24) is 24.4 Å². The highest BCUT2D eigenvalue weighted by molar-refractivity contribution is 5.85. The molecule has 0 atom stereocenters. The molecule has 2 aromatic heterocycles. The van der Waals surface area contributed by atoms with E-state index in [-0.39, 0.29) is 5.91 Å². The third-order valence-electron chi connectivity index (χ3n) is 6.20. The van der Waals surface area contributed by atoms with Gasteiger partial charge in [-0.3, -0.25) is 4.79 Å². The van der Waals surface area contributed by atoms with Crippen molar-refractivity contribution in [3.8, 4) is 11.4 Å². The molecule has 5 rings (SSSR count). The number of benzene rings is 2. The molecule has 0 radical (unpaired) electrons. The molecule has 10 heteroatoms. The molecular weight excluding hydrogens is 469 g/mol. The number of aromatic nitrogens is 4. The number of nitrogens with one attached hydrogen (secondary N) is 1. The number of fused-ring (bicyclic) bond motifs is 1. The number of halogens is 3. The SMILES string of the molecule is O=C1CCCN1CCCNc1nc(-c2ccccc2)nc2c1ncn2Cc1ccc(C(F)(F)F)cc1. The van der Waals surface area contributed by atoms with Gasteiger partial charge in [0.15, 0.2) is 17.3 Å². The minimum Gasteiger partial charge on any atom is -0.368 e. The second kappa shape index (κ2) is 9.96. The van der Waals surface area contributed by atoms with Crippen molar-refractivity contribution in [2.24, 2.45) is 0 Å². The summed E-state index contributed by atoms with van der Waals surface area (Å²) in [5.74, 6) is 1.31. The predicted molar refractivity (Wildman–Crippen MR) is 130 cm³/mol. The Morgan fingerprint density at radius 1 is 1.00 bits per heavy atom. The van der Waals surface area contributed by atoms with Crippen LogP contribution in [0.5, 0.6) is 0 Å². The zero-order chi connectivity index (χ0) is 25.1. The largest absolute Gasteiger partial charge is 0.416 e. The molecule has 1 amide bonds. The summed E-state index contributed by atoms with van der Waals surface area (Å²) < 4.78 is 40.6. The molecule has 1 aliphatic heterocycles. The second-order valence-electron chi connectivity index (χ2n) is 8.77. The van der Waals surface area contributed by atoms with Crippen LogP contribution >= 0.6 is 0 Å². The zero-order valence-corrected chi connectivity index (χ0v) is 19.5. The van der Waals surface area contributed by atoms with Crippen LogP contribution in [-0.2, 0) is 17.5 Å². The molecular formula is C26H25F3N6O. The number of anilines is 1. The van der Waals surface area contributed by atoms with Gasteiger partial charge in [0.25, 0.3) is 0 Å². The Kier molecular flexibility index (Phi) is 6.58. The molecule has 0 aliphatic carbocycles. The molecule has 1 N–H and O–H groups in total. The minimum absolute atomic E-state index is 0.202. The van der Waals surface area contributed by atoms with Gasteiger partial charge in [-0.05, 0) is 30.5 Å². The molecule has 0 spiro atoms. The van der Waals surface area contributed by atoms with Crippen LogP contribution in [0.1, 0.15) is 30.4 Å². The normalized spacial score (nSPS) is 14.1. The fourth-order valence-corrected chi connectivity index (χ4v) is 4.31. The van der Waals surface area contributed by atoms with E-state index in [9.17, 15) is 18.0 Å². The zero-order valence-electron chi connectivity index (χ0n) is 19.5. The Morgan fingerprint density at radius 2 is 1.78 bits per heavy atom. The lowest BCUT2D eigenvalue weighted by atomic mass is 10.1. The predicted octanol–water partition coefficient (Wildman–Crippen LogP) is 4.98. The molecule has 0 unspecified atom stereocenters. The van der Waals surface area contributed by atoms with Crippen LogP contribution < -0.4 is 5.32 Å². The lowest BCUT2D eigenvalue weighted by Gasteiger charge is -2.15. The molecule has 1 saturated heterocycles. The Morgan fingerprint density at radius 3 is 2.47 bits per heavy atom. The van der Waals surface area contributed by atoms with Gasteiger partial charge in [-0.15, -0.1) is 0 Å². The molecule has 186 valence electrons. The average molecular weight is 495 g/mol. The second-order valence-corrected chi connectivity index (χ2v) is 8.77. The Hall–Kier alpha value is -3.95. The number of amides is 1. The van der Waals surface area contributed by atoms with Crippen molar-refractivity contribution in [3.05, 3.63) is 72.1 Å². The maximum Gasteiger partial charge on any atom is 0.416 e. The van der Waals surface area contributed by atoms with E-state index in [2.05, 4.69) is 10.3 Å². The first-order chi connectivity index (χ1) is 17.4. The number of likely N-dealkylation sites (tertiary alicyclic amines) is 1. The van der Waals surface area contributed by atoms with Crippen molar-refractivity contribution < 1.29 is 18.0 Å². The number of carbonyl (C=O) groups excluding carboxylic acids is 1. The van der Waals surface area contributed by atoms with Gasteiger partial charge in [-0.2, -0.15) is 13.2 Å². The molecule has 7 nitrogen and oxygen atoms in total. The van der Waals surface area contributed by atoms with Crippen molar-refractivity contribution in [3.63, 3.8) is 0 Å². The number of alkyl halides is 3. The fraction of sp³-hybridized carbons (Fsp3) is 0.308. The van der Waals surface area contributed by atoms with Gasteiger partial charge in [0.1, 0.15) is 5.52 Å². The smallest absolute Gasteiger partial charge is 0.368 e. The topological polar surface area (TPSA) is 75.9 Å². The summed E-state index contributed by atoms with van der Waals surface area (Å²) in [5, 5.41) is 3.35. The lowest BCUT2D eigenvalue weighted by molar-refractivity contribution is -0.137. The van der Waals surface area contributed by atoms with E-state index in [4.69, 9.17) is 9.97 Å². The van der Waals surface area contributed by atoms with E-state index in [0.717, 1.165) is 37.1 Å². The van der Waals surface area contributed by atoms with E-state index in [1.54, 1.807) is 10.9 Å². The first-order valence-electron chi connectivity index (χ1n) is 11.8. The van der Waals surface area contributed by atoms with Crippen molar-refractivity contribution in [2.75, 3.05) is 25.0 Å². The van der Waals surface area contributed by atoms with Gasteiger partial charge in [0.2, 0.25) is 5.91 Å². The summed E-state index contributed by atoms with van der Waals surface area (Å²) in [6, 6.07) is 14.6. The summed E-state index contributed by atoms with van der Waals surface area (Å²) in [6.45, 7) is 2.42. The van der Waals surface area contributed by atoms with E-state index in [1.807, 2.05) is 35.2 Å². The van der Waals surface area contributed by atoms with E-state index in [1.165, 1.54) is 12.1 Å². The van der Waals surface area contributed by atoms with Gasteiger partial charge in [-0.1, -0.05) is 42.5 Å². The monoisotopic (exact) mass is 494 g/mol. The maximum absolute atomic E-state index is 12.9. The lowest BCUT2D eigenvalue weighted by Crippen LogP contribution is -2.27. The number of carbonyl (C=O) groups is 1. The highest BCUT2D eigenvalue weighted by atomic mass is 19.4. The minimum atomic E-state index is -4.37. The molecule has 36 heavy (non-hydrogen) atoms. The van der Waals surface area contributed by atoms with Crippen LogP contribution in [0.25, 0.3) is 22.6 Å². The van der Waals surface area contributed by atoms with Crippen molar-refractivity contribution in [2.45, 2.75) is 32.0 Å². The summed E-state index contributed by atoms with van der Waals surface area (Å²) in [6.07, 6.45) is -0.447. The van der Waals surface area contributed by atoms with Crippen LogP contribution in [-0.4, -0.2) is 50.0 Å². The molecule has 0 bridgehead atoms. The van der Waals surface area contributed by atoms with Crippen LogP contribution in [0, 0.1) is 0 Å². The maximum atomic E-state index is 12.9. The standard InChI is InChI=1S/C26H25F3N6O/c27-26(28,29)20-11-9-18(10-12-20)16-35-17-31-22-24(30-13-5-15-34-14-4-8-21(34)36)32-23(33-25(22)35)19-6-2-1-3-7-19/h1-3,6-7,9-12,17H,4-5,8,13-16H2,(H,30,32,33). The van der Waals surface area contributed by atoms with Crippen LogP contribution in [0.4, 0.5) is 19.0 Å². The Labute approximate surface area is 206 Å². The van der Waals surface area contributed by atoms with Crippen molar-refractivity contribution >= 4 is 22.9 Å². The van der Waals surface area contributed by atoms with Gasteiger partial charge >= 0.3 is 6.18 Å². The van der Waals surface area contributed by atoms with E-state index >= 15 is 0 Å². The molecule has 2 aromatic carbocycles. The first-order valence-corrected chi connectivity index (χ1v) is 11.8. The van der Waals surface area contributed by atoms with Gasteiger partial charge in [0, 0.05) is 31.6 Å². The number of imidazole rings is 1. The van der Waals surface area contributed by atoms with Crippen LogP contribution in [0.2, 0.25) is 0 Å². The van der Waals surface area contributed by atoms with Crippen molar-refractivity contribution in [1.29, 1.82) is 0 Å². The molecule has 1 fully saturated rings. The number of hydrogen-bond donors (Lipinski definition) is 1. The Bertz CT molecular complexity index is 1350. The molecule has 0 saturated carbocycles. The number of rotatable bonds is 8. The summed E-state index contributed by atoms with van der Waals surface area (Å²) in [5.41, 5.74) is 2.02. The fourth-order valence-electron chi connectivity index (χ4n) is 4.31. The molecule has 1 aliphatic rings. The third kappa shape index (κ3) is 5.17. The van der Waals surface area contributed by atoms with Crippen LogP contribution in [0.15, 0.2) is 60.9 Å². The Balaban J connectivity index is 1.40. The highest BCUT2D eigenvalue weighted by Gasteiger charge is 2.30. The summed E-state index contributed by atoms with van der Waals surface area (Å²) in [4.78, 5) is 27.7. The first kappa shape index (κ1) is 23.8. The van der Waals surface area contributed by atoms with E-state index in [0.29, 0.717) is 54.4 Å². The summed E-state index contributed by atoms with van der Waals surface area (Å²) in [7, 11) is 0. The van der Waals surface area contributed by atoms with Gasteiger partial charge in [-0.25, -0.2) is 15.0 Å².